The van der Waals surface area contributed by atoms with E-state index in [0.717, 1.165) is 11.3 Å². The van der Waals surface area contributed by atoms with Crippen molar-refractivity contribution in [2.24, 2.45) is 0 Å². The lowest BCUT2D eigenvalue weighted by atomic mass is 10.2. The average molecular weight is 369 g/mol. The maximum absolute atomic E-state index is 13.0. The van der Waals surface area contributed by atoms with Crippen molar-refractivity contribution in [1.82, 2.24) is 4.98 Å². The smallest absolute Gasteiger partial charge is 0.275 e. The van der Waals surface area contributed by atoms with Gasteiger partial charge in [0.25, 0.3) is 5.91 Å². The van der Waals surface area contributed by atoms with E-state index in [1.165, 1.54) is 35.3 Å². The monoisotopic (exact) mass is 369 g/mol. The molecule has 5 nitrogen and oxygen atoms in total. The molecule has 1 heterocycles. The minimum Gasteiger partial charge on any atom is -0.321 e. The third-order valence-electron chi connectivity index (χ3n) is 3.81. The van der Waals surface area contributed by atoms with E-state index in [1.807, 2.05) is 0 Å². The standard InChI is InChI=1S/C19H16FN3O2S/c1-12(24)23(2)16-9-7-15(8-10-16)21-18(25)17-11-26-19(22-17)13-3-5-14(20)6-4-13/h3-11H,1-2H3,(H,21,25). The lowest BCUT2D eigenvalue weighted by Gasteiger charge is -2.15. The predicted molar refractivity (Wildman–Crippen MR) is 101 cm³/mol. The summed E-state index contributed by atoms with van der Waals surface area (Å²) in [6, 6.07) is 12.9. The number of aromatic nitrogens is 1. The van der Waals surface area contributed by atoms with Crippen molar-refractivity contribution in [2.45, 2.75) is 6.92 Å². The molecule has 1 aromatic heterocycles. The molecule has 0 aliphatic carbocycles. The predicted octanol–water partition coefficient (Wildman–Crippen LogP) is 4.18. The van der Waals surface area contributed by atoms with Gasteiger partial charge in [0.15, 0.2) is 0 Å². The van der Waals surface area contributed by atoms with Crippen molar-refractivity contribution < 1.29 is 14.0 Å². The highest BCUT2D eigenvalue weighted by Crippen LogP contribution is 2.24. The van der Waals surface area contributed by atoms with Crippen LogP contribution in [0.5, 0.6) is 0 Å². The molecule has 7 heteroatoms. The zero-order chi connectivity index (χ0) is 18.7. The number of carbonyl (C=O) groups is 2. The number of nitrogens with one attached hydrogen (secondary N) is 1. The van der Waals surface area contributed by atoms with E-state index in [1.54, 1.807) is 48.8 Å². The van der Waals surface area contributed by atoms with Crippen molar-refractivity contribution in [1.29, 1.82) is 0 Å². The van der Waals surface area contributed by atoms with Gasteiger partial charge < -0.3 is 10.2 Å². The summed E-state index contributed by atoms with van der Waals surface area (Å²) in [5, 5.41) is 5.07. The molecule has 0 aliphatic heterocycles. The van der Waals surface area contributed by atoms with Gasteiger partial charge in [-0.05, 0) is 48.5 Å². The summed E-state index contributed by atoms with van der Waals surface area (Å²) in [5.74, 6) is -0.720. The van der Waals surface area contributed by atoms with Crippen LogP contribution in [0.15, 0.2) is 53.9 Å². The molecule has 2 aromatic carbocycles. The number of anilines is 2. The number of carbonyl (C=O) groups excluding carboxylic acids is 2. The first-order chi connectivity index (χ1) is 12.4. The molecule has 3 aromatic rings. The minimum absolute atomic E-state index is 0.0717. The Balaban J connectivity index is 1.70. The van der Waals surface area contributed by atoms with E-state index in [4.69, 9.17) is 0 Å². The van der Waals surface area contributed by atoms with E-state index in [2.05, 4.69) is 10.3 Å². The number of halogens is 1. The molecule has 1 N–H and O–H groups in total. The summed E-state index contributed by atoms with van der Waals surface area (Å²) >= 11 is 1.32. The first kappa shape index (κ1) is 17.8. The molecule has 0 fully saturated rings. The van der Waals surface area contributed by atoms with Gasteiger partial charge in [-0.25, -0.2) is 9.37 Å². The van der Waals surface area contributed by atoms with Crippen LogP contribution in [0.25, 0.3) is 10.6 Å². The van der Waals surface area contributed by atoms with Gasteiger partial charge in [-0.2, -0.15) is 0 Å². The van der Waals surface area contributed by atoms with E-state index in [-0.39, 0.29) is 17.6 Å². The average Bonchev–Trinajstić information content (AvgIpc) is 3.12. The fourth-order valence-electron chi connectivity index (χ4n) is 2.25. The molecule has 0 saturated heterocycles. The zero-order valence-corrected chi connectivity index (χ0v) is 15.0. The molecule has 0 bridgehead atoms. The Labute approximate surface area is 154 Å². The lowest BCUT2D eigenvalue weighted by Crippen LogP contribution is -2.22. The van der Waals surface area contributed by atoms with Crippen LogP contribution in [-0.2, 0) is 4.79 Å². The lowest BCUT2D eigenvalue weighted by molar-refractivity contribution is -0.116. The van der Waals surface area contributed by atoms with Gasteiger partial charge in [0, 0.05) is 36.3 Å². The number of hydrogen-bond donors (Lipinski definition) is 1. The van der Waals surface area contributed by atoms with Crippen molar-refractivity contribution >= 4 is 34.5 Å². The van der Waals surface area contributed by atoms with Crippen LogP contribution in [0.2, 0.25) is 0 Å². The van der Waals surface area contributed by atoms with Gasteiger partial charge in [-0.15, -0.1) is 11.3 Å². The number of amides is 2. The van der Waals surface area contributed by atoms with E-state index < -0.39 is 0 Å². The van der Waals surface area contributed by atoms with Gasteiger partial charge in [-0.3, -0.25) is 9.59 Å². The van der Waals surface area contributed by atoms with Gasteiger partial charge in [0.1, 0.15) is 16.5 Å². The maximum Gasteiger partial charge on any atom is 0.275 e. The fraction of sp³-hybridized carbons (Fsp3) is 0.105. The Hall–Kier alpha value is -3.06. The number of rotatable bonds is 4. The van der Waals surface area contributed by atoms with E-state index in [9.17, 15) is 14.0 Å². The summed E-state index contributed by atoms with van der Waals surface area (Å²) in [5.41, 5.74) is 2.39. The number of nitrogens with zero attached hydrogens (tertiary/aromatic N) is 2. The molecule has 0 aliphatic rings. The highest BCUT2D eigenvalue weighted by Gasteiger charge is 2.13. The Morgan fingerprint density at radius 2 is 1.73 bits per heavy atom. The fourth-order valence-corrected chi connectivity index (χ4v) is 3.05. The summed E-state index contributed by atoms with van der Waals surface area (Å²) in [6.45, 7) is 1.48. The molecule has 0 radical (unpaired) electrons. The Morgan fingerprint density at radius 1 is 1.08 bits per heavy atom. The van der Waals surface area contributed by atoms with Crippen molar-refractivity contribution in [3.05, 3.63) is 65.4 Å². The Bertz CT molecular complexity index is 936. The van der Waals surface area contributed by atoms with Crippen LogP contribution in [0, 0.1) is 5.82 Å². The third-order valence-corrected chi connectivity index (χ3v) is 4.70. The molecule has 3 rings (SSSR count). The molecule has 26 heavy (non-hydrogen) atoms. The second-order valence-corrected chi connectivity index (χ2v) is 6.48. The van der Waals surface area contributed by atoms with Crippen LogP contribution in [0.1, 0.15) is 17.4 Å². The molecule has 132 valence electrons. The van der Waals surface area contributed by atoms with E-state index >= 15 is 0 Å². The Kier molecular flexibility index (Phi) is 5.09. The van der Waals surface area contributed by atoms with Crippen LogP contribution in [0.4, 0.5) is 15.8 Å². The van der Waals surface area contributed by atoms with Gasteiger partial charge >= 0.3 is 0 Å². The molecule has 0 spiro atoms. The van der Waals surface area contributed by atoms with Gasteiger partial charge in [-0.1, -0.05) is 0 Å². The largest absolute Gasteiger partial charge is 0.321 e. The van der Waals surface area contributed by atoms with Crippen molar-refractivity contribution in [3.63, 3.8) is 0 Å². The number of hydrogen-bond acceptors (Lipinski definition) is 4. The topological polar surface area (TPSA) is 62.3 Å². The van der Waals surface area contributed by atoms with E-state index in [0.29, 0.717) is 16.4 Å². The third kappa shape index (κ3) is 3.94. The molecule has 0 atom stereocenters. The summed E-state index contributed by atoms with van der Waals surface area (Å²) in [7, 11) is 1.68. The summed E-state index contributed by atoms with van der Waals surface area (Å²) in [6.07, 6.45) is 0. The molecule has 2 amide bonds. The quantitative estimate of drug-likeness (QED) is 0.750. The molecular weight excluding hydrogens is 353 g/mol. The van der Waals surface area contributed by atoms with Gasteiger partial charge in [0.05, 0.1) is 0 Å². The van der Waals surface area contributed by atoms with Crippen LogP contribution in [0.3, 0.4) is 0 Å². The van der Waals surface area contributed by atoms with Crippen LogP contribution in [-0.4, -0.2) is 23.8 Å². The molecule has 0 unspecified atom stereocenters. The first-order valence-corrected chi connectivity index (χ1v) is 8.69. The van der Waals surface area contributed by atoms with Crippen LogP contribution >= 0.6 is 11.3 Å². The number of thiazole rings is 1. The van der Waals surface area contributed by atoms with Crippen molar-refractivity contribution in [3.8, 4) is 10.6 Å². The zero-order valence-electron chi connectivity index (χ0n) is 14.2. The molecular formula is C19H16FN3O2S. The molecule has 0 saturated carbocycles. The SMILES string of the molecule is CC(=O)N(C)c1ccc(NC(=O)c2csc(-c3ccc(F)cc3)n2)cc1. The Morgan fingerprint density at radius 3 is 2.35 bits per heavy atom. The summed E-state index contributed by atoms with van der Waals surface area (Å²) < 4.78 is 13.0. The highest BCUT2D eigenvalue weighted by molar-refractivity contribution is 7.13. The first-order valence-electron chi connectivity index (χ1n) is 7.81. The minimum atomic E-state index is -0.331. The summed E-state index contributed by atoms with van der Waals surface area (Å²) in [4.78, 5) is 29.5. The normalized spacial score (nSPS) is 10.4. The number of benzene rings is 2. The van der Waals surface area contributed by atoms with Crippen molar-refractivity contribution in [2.75, 3.05) is 17.3 Å². The second kappa shape index (κ2) is 7.45. The maximum atomic E-state index is 13.0. The van der Waals surface area contributed by atoms with Crippen LogP contribution < -0.4 is 10.2 Å². The second-order valence-electron chi connectivity index (χ2n) is 5.62. The van der Waals surface area contributed by atoms with Gasteiger partial charge in [0.2, 0.25) is 5.91 Å². The highest BCUT2D eigenvalue weighted by atomic mass is 32.1.